The van der Waals surface area contributed by atoms with Crippen LogP contribution < -0.4 is 5.32 Å². The molecule has 0 unspecified atom stereocenters. The second-order valence-electron chi connectivity index (χ2n) is 5.44. The minimum absolute atomic E-state index is 0.113. The Labute approximate surface area is 171 Å². The molecular formula is C17H17BrCl2N2O3S. The summed E-state index contributed by atoms with van der Waals surface area (Å²) in [6, 6.07) is 11.2. The lowest BCUT2D eigenvalue weighted by atomic mass is 10.3. The Hall–Kier alpha value is -1.12. The molecule has 140 valence electrons. The molecule has 1 amide bonds. The zero-order valence-corrected chi connectivity index (χ0v) is 17.8. The van der Waals surface area contributed by atoms with Gasteiger partial charge in [0.05, 0.1) is 22.2 Å². The summed E-state index contributed by atoms with van der Waals surface area (Å²) in [6.45, 7) is 1.72. The Kier molecular flexibility index (Phi) is 7.49. The fraction of sp³-hybridized carbons (Fsp3) is 0.235. The van der Waals surface area contributed by atoms with Crippen LogP contribution in [0, 0.1) is 0 Å². The van der Waals surface area contributed by atoms with Crippen LogP contribution >= 0.6 is 39.1 Å². The van der Waals surface area contributed by atoms with Gasteiger partial charge in [0, 0.05) is 16.0 Å². The van der Waals surface area contributed by atoms with Gasteiger partial charge in [-0.25, -0.2) is 8.42 Å². The van der Waals surface area contributed by atoms with Crippen molar-refractivity contribution in [2.45, 2.75) is 18.2 Å². The van der Waals surface area contributed by atoms with E-state index in [9.17, 15) is 13.2 Å². The number of amides is 1. The van der Waals surface area contributed by atoms with E-state index in [1.54, 1.807) is 30.3 Å². The first-order valence-electron chi connectivity index (χ1n) is 7.75. The molecule has 0 aliphatic rings. The highest BCUT2D eigenvalue weighted by Gasteiger charge is 2.27. The lowest BCUT2D eigenvalue weighted by Crippen LogP contribution is -2.38. The van der Waals surface area contributed by atoms with Crippen LogP contribution in [0.2, 0.25) is 10.0 Å². The van der Waals surface area contributed by atoms with Crippen molar-refractivity contribution < 1.29 is 13.2 Å². The average molecular weight is 480 g/mol. The maximum absolute atomic E-state index is 12.9. The van der Waals surface area contributed by atoms with Crippen LogP contribution in [0.25, 0.3) is 0 Å². The summed E-state index contributed by atoms with van der Waals surface area (Å²) in [5.41, 5.74) is 0.332. The van der Waals surface area contributed by atoms with E-state index in [1.807, 2.05) is 6.92 Å². The van der Waals surface area contributed by atoms with Crippen LogP contribution in [0.4, 0.5) is 5.69 Å². The number of halogens is 3. The molecule has 1 N–H and O–H groups in total. The van der Waals surface area contributed by atoms with Gasteiger partial charge < -0.3 is 5.32 Å². The summed E-state index contributed by atoms with van der Waals surface area (Å²) < 4.78 is 27.4. The van der Waals surface area contributed by atoms with Gasteiger partial charge in [-0.05, 0) is 52.7 Å². The molecule has 0 aromatic heterocycles. The zero-order valence-electron chi connectivity index (χ0n) is 13.9. The Morgan fingerprint density at radius 2 is 1.88 bits per heavy atom. The van der Waals surface area contributed by atoms with E-state index in [2.05, 4.69) is 21.2 Å². The number of carbonyl (C=O) groups is 1. The fourth-order valence-electron chi connectivity index (χ4n) is 2.27. The number of benzene rings is 2. The highest BCUT2D eigenvalue weighted by atomic mass is 79.9. The molecule has 5 nitrogen and oxygen atoms in total. The van der Waals surface area contributed by atoms with E-state index in [1.165, 1.54) is 12.1 Å². The number of rotatable bonds is 7. The third-order valence-electron chi connectivity index (χ3n) is 3.45. The third-order valence-corrected chi connectivity index (χ3v) is 6.87. The highest BCUT2D eigenvalue weighted by molar-refractivity contribution is 9.10. The molecule has 9 heteroatoms. The molecule has 0 aliphatic heterocycles. The fourth-order valence-corrected chi connectivity index (χ4v) is 5.06. The summed E-state index contributed by atoms with van der Waals surface area (Å²) in [7, 11) is -3.83. The van der Waals surface area contributed by atoms with Crippen molar-refractivity contribution in [1.29, 1.82) is 0 Å². The normalized spacial score (nSPS) is 11.6. The van der Waals surface area contributed by atoms with Crippen molar-refractivity contribution in [3.63, 3.8) is 0 Å². The number of nitrogens with one attached hydrogen (secondary N) is 1. The van der Waals surface area contributed by atoms with E-state index in [-0.39, 0.29) is 18.0 Å². The monoisotopic (exact) mass is 478 g/mol. The van der Waals surface area contributed by atoms with E-state index < -0.39 is 15.9 Å². The molecule has 0 saturated heterocycles. The molecule has 2 aromatic carbocycles. The predicted molar refractivity (Wildman–Crippen MR) is 108 cm³/mol. The molecule has 0 atom stereocenters. The molecular weight excluding hydrogens is 463 g/mol. The van der Waals surface area contributed by atoms with Gasteiger partial charge in [-0.15, -0.1) is 0 Å². The first-order chi connectivity index (χ1) is 12.3. The van der Waals surface area contributed by atoms with E-state index in [0.717, 1.165) is 4.31 Å². The largest absolute Gasteiger partial charge is 0.324 e. The van der Waals surface area contributed by atoms with Crippen LogP contribution in [-0.2, 0) is 14.8 Å². The summed E-state index contributed by atoms with van der Waals surface area (Å²) in [4.78, 5) is 12.5. The number of carbonyl (C=O) groups excluding carboxylic acids is 1. The van der Waals surface area contributed by atoms with Crippen molar-refractivity contribution in [2.24, 2.45) is 0 Å². The SMILES string of the molecule is CCCN(CC(=O)Nc1cc(Cl)ccc1Cl)S(=O)(=O)c1ccccc1Br. The van der Waals surface area contributed by atoms with E-state index in [4.69, 9.17) is 23.2 Å². The third kappa shape index (κ3) is 5.20. The summed E-state index contributed by atoms with van der Waals surface area (Å²) >= 11 is 15.2. The summed E-state index contributed by atoms with van der Waals surface area (Å²) in [6.07, 6.45) is 0.564. The average Bonchev–Trinajstić information content (AvgIpc) is 2.58. The topological polar surface area (TPSA) is 66.5 Å². The van der Waals surface area contributed by atoms with Crippen molar-refractivity contribution in [3.05, 3.63) is 57.0 Å². The molecule has 26 heavy (non-hydrogen) atoms. The van der Waals surface area contributed by atoms with Crippen LogP contribution in [0.3, 0.4) is 0 Å². The van der Waals surface area contributed by atoms with Gasteiger partial charge in [-0.3, -0.25) is 4.79 Å². The zero-order chi connectivity index (χ0) is 19.3. The van der Waals surface area contributed by atoms with Crippen LogP contribution in [0.15, 0.2) is 51.8 Å². The minimum Gasteiger partial charge on any atom is -0.324 e. The quantitative estimate of drug-likeness (QED) is 0.620. The number of hydrogen-bond acceptors (Lipinski definition) is 3. The van der Waals surface area contributed by atoms with E-state index in [0.29, 0.717) is 26.6 Å². The minimum atomic E-state index is -3.83. The molecule has 0 bridgehead atoms. The van der Waals surface area contributed by atoms with Crippen LogP contribution in [0.5, 0.6) is 0 Å². The summed E-state index contributed by atoms with van der Waals surface area (Å²) in [5, 5.41) is 3.34. The van der Waals surface area contributed by atoms with Crippen molar-refractivity contribution in [2.75, 3.05) is 18.4 Å². The second-order valence-corrected chi connectivity index (χ2v) is 9.05. The van der Waals surface area contributed by atoms with Crippen molar-refractivity contribution >= 4 is 60.7 Å². The lowest BCUT2D eigenvalue weighted by Gasteiger charge is -2.22. The second kappa shape index (κ2) is 9.19. The van der Waals surface area contributed by atoms with Gasteiger partial charge in [0.2, 0.25) is 15.9 Å². The molecule has 0 radical (unpaired) electrons. The molecule has 0 fully saturated rings. The molecule has 0 saturated carbocycles. The number of hydrogen-bond donors (Lipinski definition) is 1. The van der Waals surface area contributed by atoms with Crippen molar-refractivity contribution in [1.82, 2.24) is 4.31 Å². The molecule has 2 aromatic rings. The smallest absolute Gasteiger partial charge is 0.244 e. The van der Waals surface area contributed by atoms with Gasteiger partial charge in [0.15, 0.2) is 0 Å². The Balaban J connectivity index is 2.23. The summed E-state index contributed by atoms with van der Waals surface area (Å²) in [5.74, 6) is -0.502. The van der Waals surface area contributed by atoms with Gasteiger partial charge in [0.1, 0.15) is 0 Å². The number of anilines is 1. The molecule has 0 aliphatic carbocycles. The van der Waals surface area contributed by atoms with Gasteiger partial charge in [-0.1, -0.05) is 42.3 Å². The molecule has 0 spiro atoms. The van der Waals surface area contributed by atoms with E-state index >= 15 is 0 Å². The number of nitrogens with zero attached hydrogens (tertiary/aromatic N) is 1. The first-order valence-corrected chi connectivity index (χ1v) is 10.7. The Morgan fingerprint density at radius 3 is 2.54 bits per heavy atom. The number of sulfonamides is 1. The lowest BCUT2D eigenvalue weighted by molar-refractivity contribution is -0.116. The maximum atomic E-state index is 12.9. The Bertz CT molecular complexity index is 907. The first kappa shape index (κ1) is 21.2. The molecule has 0 heterocycles. The van der Waals surface area contributed by atoms with Crippen LogP contribution in [0.1, 0.15) is 13.3 Å². The molecule has 2 rings (SSSR count). The maximum Gasteiger partial charge on any atom is 0.244 e. The Morgan fingerprint density at radius 1 is 1.19 bits per heavy atom. The van der Waals surface area contributed by atoms with Crippen LogP contribution in [-0.4, -0.2) is 31.7 Å². The standard InChI is InChI=1S/C17H17BrCl2N2O3S/c1-2-9-22(26(24,25)16-6-4-3-5-13(16)18)11-17(23)21-15-10-12(19)7-8-14(15)20/h3-8,10H,2,9,11H2,1H3,(H,21,23). The predicted octanol–water partition coefficient (Wildman–Crippen LogP) is 4.80. The highest BCUT2D eigenvalue weighted by Crippen LogP contribution is 2.27. The van der Waals surface area contributed by atoms with Gasteiger partial charge >= 0.3 is 0 Å². The van der Waals surface area contributed by atoms with Crippen molar-refractivity contribution in [3.8, 4) is 0 Å². The van der Waals surface area contributed by atoms with Gasteiger partial charge in [-0.2, -0.15) is 4.31 Å². The van der Waals surface area contributed by atoms with Gasteiger partial charge in [0.25, 0.3) is 0 Å².